The van der Waals surface area contributed by atoms with E-state index in [1.165, 1.54) is 11.3 Å². The smallest absolute Gasteiger partial charge is 0.283 e. The maximum atomic E-state index is 12.8. The van der Waals surface area contributed by atoms with Gasteiger partial charge in [-0.05, 0) is 26.0 Å². The van der Waals surface area contributed by atoms with Gasteiger partial charge < -0.3 is 18.8 Å². The van der Waals surface area contributed by atoms with E-state index in [4.69, 9.17) is 14.2 Å². The predicted octanol–water partition coefficient (Wildman–Crippen LogP) is 3.59. The van der Waals surface area contributed by atoms with Gasteiger partial charge in [0.25, 0.3) is 5.91 Å². The highest BCUT2D eigenvalue weighted by atomic mass is 32.1. The molecule has 1 aliphatic rings. The molecular weight excluding hydrogens is 352 g/mol. The van der Waals surface area contributed by atoms with Crippen LogP contribution in [-0.4, -0.2) is 23.9 Å². The monoisotopic (exact) mass is 370 g/mol. The highest BCUT2D eigenvalue weighted by molar-refractivity contribution is 7.16. The Kier molecular flexibility index (Phi) is 4.38. The SMILES string of the molecule is CCOc1ccccc1C(=O)N=c1sc2cc3c(cc2n1CC)OCO3. The van der Waals surface area contributed by atoms with Gasteiger partial charge in [-0.2, -0.15) is 4.99 Å². The minimum Gasteiger partial charge on any atom is -0.493 e. The molecule has 7 heteroatoms. The number of thiazole rings is 1. The summed E-state index contributed by atoms with van der Waals surface area (Å²) in [5.41, 5.74) is 1.44. The zero-order chi connectivity index (χ0) is 18.1. The number of fused-ring (bicyclic) bond motifs is 2. The zero-order valence-electron chi connectivity index (χ0n) is 14.5. The topological polar surface area (TPSA) is 62.0 Å². The van der Waals surface area contributed by atoms with Crippen LogP contribution in [0.25, 0.3) is 10.2 Å². The molecule has 134 valence electrons. The lowest BCUT2D eigenvalue weighted by Crippen LogP contribution is -2.16. The number of carbonyl (C=O) groups is 1. The number of benzene rings is 2. The second-order valence-corrected chi connectivity index (χ2v) is 6.66. The quantitative estimate of drug-likeness (QED) is 0.704. The van der Waals surface area contributed by atoms with Crippen LogP contribution in [0.5, 0.6) is 17.2 Å². The van der Waals surface area contributed by atoms with Gasteiger partial charge in [0, 0.05) is 18.7 Å². The van der Waals surface area contributed by atoms with E-state index in [2.05, 4.69) is 4.99 Å². The lowest BCUT2D eigenvalue weighted by Gasteiger charge is -2.06. The molecule has 4 rings (SSSR count). The fourth-order valence-electron chi connectivity index (χ4n) is 2.92. The van der Waals surface area contributed by atoms with Crippen molar-refractivity contribution in [3.63, 3.8) is 0 Å². The van der Waals surface area contributed by atoms with Crippen molar-refractivity contribution in [3.8, 4) is 17.2 Å². The molecule has 0 bridgehead atoms. The average Bonchev–Trinajstić information content (AvgIpc) is 3.23. The van der Waals surface area contributed by atoms with E-state index in [9.17, 15) is 4.79 Å². The van der Waals surface area contributed by atoms with Crippen LogP contribution < -0.4 is 19.0 Å². The summed E-state index contributed by atoms with van der Waals surface area (Å²) in [4.78, 5) is 17.8. The standard InChI is InChI=1S/C19H18N2O4S/c1-3-21-13-9-15-16(25-11-24-15)10-17(13)26-19(21)20-18(22)12-7-5-6-8-14(12)23-4-2/h5-10H,3-4,11H2,1-2H3. The number of nitrogens with zero attached hydrogens (tertiary/aromatic N) is 2. The van der Waals surface area contributed by atoms with Crippen molar-refractivity contribution >= 4 is 27.5 Å². The number of aromatic nitrogens is 1. The number of hydrogen-bond acceptors (Lipinski definition) is 5. The summed E-state index contributed by atoms with van der Waals surface area (Å²) in [5, 5.41) is 0. The maximum Gasteiger partial charge on any atom is 0.283 e. The Balaban J connectivity index is 1.82. The Labute approximate surface area is 154 Å². The van der Waals surface area contributed by atoms with Crippen LogP contribution in [0.15, 0.2) is 41.4 Å². The molecule has 6 nitrogen and oxygen atoms in total. The van der Waals surface area contributed by atoms with Crippen LogP contribution in [0, 0.1) is 0 Å². The molecule has 2 heterocycles. The van der Waals surface area contributed by atoms with E-state index in [-0.39, 0.29) is 12.7 Å². The third-order valence-corrected chi connectivity index (χ3v) is 5.15. The Bertz CT molecular complexity index is 1050. The Hall–Kier alpha value is -2.80. The molecule has 1 aromatic heterocycles. The maximum absolute atomic E-state index is 12.8. The molecule has 0 atom stereocenters. The van der Waals surface area contributed by atoms with Crippen LogP contribution in [0.4, 0.5) is 0 Å². The van der Waals surface area contributed by atoms with Crippen molar-refractivity contribution in [2.45, 2.75) is 20.4 Å². The van der Waals surface area contributed by atoms with E-state index >= 15 is 0 Å². The van der Waals surface area contributed by atoms with Crippen LogP contribution in [0.3, 0.4) is 0 Å². The van der Waals surface area contributed by atoms with Gasteiger partial charge in [-0.1, -0.05) is 23.5 Å². The van der Waals surface area contributed by atoms with Crippen molar-refractivity contribution in [2.24, 2.45) is 4.99 Å². The summed E-state index contributed by atoms with van der Waals surface area (Å²) in [6, 6.07) is 11.0. The number of rotatable bonds is 4. The normalized spacial score (nSPS) is 13.4. The van der Waals surface area contributed by atoms with Crippen molar-refractivity contribution < 1.29 is 19.0 Å². The van der Waals surface area contributed by atoms with Crippen molar-refractivity contribution in [3.05, 3.63) is 46.8 Å². The summed E-state index contributed by atoms with van der Waals surface area (Å²) in [5.74, 6) is 1.68. The summed E-state index contributed by atoms with van der Waals surface area (Å²) in [6.07, 6.45) is 0. The number of hydrogen-bond donors (Lipinski definition) is 0. The van der Waals surface area contributed by atoms with E-state index < -0.39 is 0 Å². The van der Waals surface area contributed by atoms with Crippen LogP contribution in [-0.2, 0) is 6.54 Å². The number of ether oxygens (including phenoxy) is 3. The molecule has 0 fully saturated rings. The van der Waals surface area contributed by atoms with Gasteiger partial charge in [0.2, 0.25) is 6.79 Å². The fourth-order valence-corrected chi connectivity index (χ4v) is 4.02. The van der Waals surface area contributed by atoms with Crippen molar-refractivity contribution in [1.82, 2.24) is 4.57 Å². The lowest BCUT2D eigenvalue weighted by atomic mass is 10.2. The Morgan fingerprint density at radius 3 is 2.77 bits per heavy atom. The van der Waals surface area contributed by atoms with Gasteiger partial charge in [0.05, 0.1) is 22.4 Å². The zero-order valence-corrected chi connectivity index (χ0v) is 15.3. The lowest BCUT2D eigenvalue weighted by molar-refractivity contribution is 0.0994. The second kappa shape index (κ2) is 6.84. The molecule has 3 aromatic rings. The van der Waals surface area contributed by atoms with Crippen molar-refractivity contribution in [2.75, 3.05) is 13.4 Å². The van der Waals surface area contributed by atoms with Gasteiger partial charge in [-0.15, -0.1) is 0 Å². The minimum atomic E-state index is -0.317. The summed E-state index contributed by atoms with van der Waals surface area (Å²) in [6.45, 7) is 5.34. The molecule has 26 heavy (non-hydrogen) atoms. The predicted molar refractivity (Wildman–Crippen MR) is 99.1 cm³/mol. The van der Waals surface area contributed by atoms with Crippen molar-refractivity contribution in [1.29, 1.82) is 0 Å². The van der Waals surface area contributed by atoms with E-state index in [0.29, 0.717) is 29.3 Å². The molecule has 2 aromatic carbocycles. The Morgan fingerprint density at radius 2 is 2.00 bits per heavy atom. The van der Waals surface area contributed by atoms with Crippen LogP contribution in [0.2, 0.25) is 0 Å². The molecule has 0 radical (unpaired) electrons. The summed E-state index contributed by atoms with van der Waals surface area (Å²) < 4.78 is 19.5. The number of carbonyl (C=O) groups excluding carboxylic acids is 1. The minimum absolute atomic E-state index is 0.239. The summed E-state index contributed by atoms with van der Waals surface area (Å²) in [7, 11) is 0. The first-order valence-electron chi connectivity index (χ1n) is 8.45. The van der Waals surface area contributed by atoms with Gasteiger partial charge in [0.15, 0.2) is 16.3 Å². The van der Waals surface area contributed by atoms with E-state index in [0.717, 1.165) is 21.7 Å². The third kappa shape index (κ3) is 2.84. The molecule has 0 saturated heterocycles. The molecule has 0 unspecified atom stereocenters. The highest BCUT2D eigenvalue weighted by Gasteiger charge is 2.18. The molecule has 1 amide bonds. The van der Waals surface area contributed by atoms with Gasteiger partial charge >= 0.3 is 0 Å². The Morgan fingerprint density at radius 1 is 1.23 bits per heavy atom. The van der Waals surface area contributed by atoms with Gasteiger partial charge in [-0.25, -0.2) is 0 Å². The van der Waals surface area contributed by atoms with Crippen LogP contribution >= 0.6 is 11.3 Å². The second-order valence-electron chi connectivity index (χ2n) is 5.65. The average molecular weight is 370 g/mol. The highest BCUT2D eigenvalue weighted by Crippen LogP contribution is 2.37. The van der Waals surface area contributed by atoms with Gasteiger partial charge in [0.1, 0.15) is 5.75 Å². The molecule has 0 spiro atoms. The number of amides is 1. The fraction of sp³-hybridized carbons (Fsp3) is 0.263. The first kappa shape index (κ1) is 16.7. The molecule has 0 saturated carbocycles. The first-order chi connectivity index (χ1) is 12.7. The van der Waals surface area contributed by atoms with E-state index in [1.807, 2.05) is 42.7 Å². The molecule has 0 N–H and O–H groups in total. The third-order valence-electron chi connectivity index (χ3n) is 4.11. The molecular formula is C19H18N2O4S. The largest absolute Gasteiger partial charge is 0.493 e. The molecule has 1 aliphatic heterocycles. The number of aryl methyl sites for hydroxylation is 1. The first-order valence-corrected chi connectivity index (χ1v) is 9.26. The molecule has 0 aliphatic carbocycles. The van der Waals surface area contributed by atoms with Crippen LogP contribution in [0.1, 0.15) is 24.2 Å². The van der Waals surface area contributed by atoms with E-state index in [1.54, 1.807) is 12.1 Å². The number of para-hydroxylation sites is 1. The summed E-state index contributed by atoms with van der Waals surface area (Å²) >= 11 is 1.46. The van der Waals surface area contributed by atoms with Gasteiger partial charge in [-0.3, -0.25) is 4.79 Å².